The Labute approximate surface area is 124 Å². The van der Waals surface area contributed by atoms with Gasteiger partial charge in [-0.1, -0.05) is 30.3 Å². The van der Waals surface area contributed by atoms with Crippen molar-refractivity contribution in [3.63, 3.8) is 0 Å². The van der Waals surface area contributed by atoms with Crippen LogP contribution in [0.3, 0.4) is 0 Å². The van der Waals surface area contributed by atoms with Gasteiger partial charge in [0.25, 0.3) is 0 Å². The van der Waals surface area contributed by atoms with Crippen molar-refractivity contribution in [3.8, 4) is 0 Å². The Balaban J connectivity index is 2.92. The van der Waals surface area contributed by atoms with Gasteiger partial charge in [-0.05, 0) is 19.4 Å². The number of carbonyl (C=O) groups is 2. The van der Waals surface area contributed by atoms with E-state index in [9.17, 15) is 23.1 Å². The molecule has 0 aromatic heterocycles. The number of sulfone groups is 1. The molecule has 116 valence electrons. The number of nitrogens with one attached hydrogen (secondary N) is 1. The molecule has 0 heterocycles. The van der Waals surface area contributed by atoms with Crippen LogP contribution in [-0.4, -0.2) is 43.5 Å². The van der Waals surface area contributed by atoms with E-state index in [2.05, 4.69) is 5.32 Å². The number of aliphatic carboxylic acids is 1. The molecule has 21 heavy (non-hydrogen) atoms. The first-order valence-electron chi connectivity index (χ1n) is 6.34. The van der Waals surface area contributed by atoms with Crippen LogP contribution < -0.4 is 5.32 Å². The third-order valence-corrected chi connectivity index (χ3v) is 5.01. The van der Waals surface area contributed by atoms with Crippen LogP contribution in [0.15, 0.2) is 30.3 Å². The van der Waals surface area contributed by atoms with Crippen LogP contribution in [0.4, 0.5) is 0 Å². The summed E-state index contributed by atoms with van der Waals surface area (Å²) in [6.45, 7) is 2.56. The molecule has 0 saturated heterocycles. The van der Waals surface area contributed by atoms with Crippen molar-refractivity contribution < 1.29 is 23.1 Å². The average Bonchev–Trinajstić information content (AvgIpc) is 2.43. The Bertz CT molecular complexity index is 626. The van der Waals surface area contributed by atoms with Gasteiger partial charge in [-0.15, -0.1) is 0 Å². The molecular formula is C14H19NO5S. The van der Waals surface area contributed by atoms with E-state index in [1.165, 1.54) is 13.8 Å². The maximum Gasteiger partial charge on any atom is 0.315 e. The fourth-order valence-corrected chi connectivity index (χ4v) is 2.18. The summed E-state index contributed by atoms with van der Waals surface area (Å²) in [5.74, 6) is -1.80. The summed E-state index contributed by atoms with van der Waals surface area (Å²) in [5, 5.41) is 10.6. The molecule has 2 N–H and O–H groups in total. The number of carbonyl (C=O) groups excluding carboxylic acids is 1. The number of carboxylic acid groups (broad SMARTS) is 1. The van der Waals surface area contributed by atoms with E-state index in [0.29, 0.717) is 5.56 Å². The molecule has 1 aromatic carbocycles. The molecular weight excluding hydrogens is 294 g/mol. The Morgan fingerprint density at radius 1 is 1.29 bits per heavy atom. The van der Waals surface area contributed by atoms with Crippen LogP contribution in [-0.2, 0) is 24.8 Å². The Morgan fingerprint density at radius 3 is 2.24 bits per heavy atom. The van der Waals surface area contributed by atoms with Crippen molar-refractivity contribution in [2.24, 2.45) is 0 Å². The van der Waals surface area contributed by atoms with E-state index in [0.717, 1.165) is 6.26 Å². The SMILES string of the molecule is CC(C(=O)NCC(C)(C(=O)O)c1ccccc1)S(C)(=O)=O. The molecule has 0 radical (unpaired) electrons. The van der Waals surface area contributed by atoms with Crippen LogP contribution >= 0.6 is 0 Å². The number of amides is 1. The number of carboxylic acids is 1. The van der Waals surface area contributed by atoms with Gasteiger partial charge in [-0.3, -0.25) is 9.59 Å². The lowest BCUT2D eigenvalue weighted by Gasteiger charge is -2.26. The largest absolute Gasteiger partial charge is 0.481 e. The first-order valence-corrected chi connectivity index (χ1v) is 8.30. The van der Waals surface area contributed by atoms with Gasteiger partial charge in [-0.25, -0.2) is 8.42 Å². The van der Waals surface area contributed by atoms with Crippen molar-refractivity contribution in [1.82, 2.24) is 5.32 Å². The van der Waals surface area contributed by atoms with Gasteiger partial charge in [0.2, 0.25) is 5.91 Å². The zero-order valence-corrected chi connectivity index (χ0v) is 13.0. The van der Waals surface area contributed by atoms with Gasteiger partial charge in [0.05, 0.1) is 0 Å². The van der Waals surface area contributed by atoms with Crippen LogP contribution in [0.1, 0.15) is 19.4 Å². The topological polar surface area (TPSA) is 101 Å². The summed E-state index contributed by atoms with van der Waals surface area (Å²) in [6, 6.07) is 8.48. The maximum atomic E-state index is 11.8. The van der Waals surface area contributed by atoms with E-state index in [1.807, 2.05) is 0 Å². The minimum Gasteiger partial charge on any atom is -0.481 e. The molecule has 0 spiro atoms. The number of rotatable bonds is 6. The van der Waals surface area contributed by atoms with Gasteiger partial charge in [-0.2, -0.15) is 0 Å². The minimum atomic E-state index is -3.51. The van der Waals surface area contributed by atoms with Gasteiger partial charge in [0, 0.05) is 12.8 Å². The quantitative estimate of drug-likeness (QED) is 0.800. The Hall–Kier alpha value is -1.89. The Morgan fingerprint density at radius 2 is 1.81 bits per heavy atom. The highest BCUT2D eigenvalue weighted by Gasteiger charge is 2.36. The first-order chi connectivity index (χ1) is 9.59. The molecule has 0 aliphatic carbocycles. The molecule has 7 heteroatoms. The second-order valence-electron chi connectivity index (χ2n) is 5.19. The monoisotopic (exact) mass is 313 g/mol. The highest BCUT2D eigenvalue weighted by molar-refractivity contribution is 7.92. The van der Waals surface area contributed by atoms with Crippen LogP contribution in [0.2, 0.25) is 0 Å². The predicted molar refractivity (Wildman–Crippen MR) is 78.7 cm³/mol. The summed E-state index contributed by atoms with van der Waals surface area (Å²) in [6.07, 6.45) is 0.963. The predicted octanol–water partition coefficient (Wildman–Crippen LogP) is 0.578. The molecule has 2 unspecified atom stereocenters. The van der Waals surface area contributed by atoms with Crippen molar-refractivity contribution in [1.29, 1.82) is 0 Å². The van der Waals surface area contributed by atoms with E-state index < -0.39 is 32.4 Å². The molecule has 6 nitrogen and oxygen atoms in total. The first kappa shape index (κ1) is 17.2. The number of hydrogen-bond acceptors (Lipinski definition) is 4. The second kappa shape index (κ2) is 6.26. The minimum absolute atomic E-state index is 0.189. The van der Waals surface area contributed by atoms with Crippen molar-refractivity contribution in [2.75, 3.05) is 12.8 Å². The summed E-state index contributed by atoms with van der Waals surface area (Å²) in [4.78, 5) is 23.3. The summed E-state index contributed by atoms with van der Waals surface area (Å²) < 4.78 is 22.6. The summed E-state index contributed by atoms with van der Waals surface area (Å²) in [5.41, 5.74) is -0.793. The smallest absolute Gasteiger partial charge is 0.315 e. The average molecular weight is 313 g/mol. The highest BCUT2D eigenvalue weighted by atomic mass is 32.2. The molecule has 0 aliphatic heterocycles. The number of benzene rings is 1. The van der Waals surface area contributed by atoms with Crippen LogP contribution in [0, 0.1) is 0 Å². The van der Waals surface area contributed by atoms with Gasteiger partial charge >= 0.3 is 5.97 Å². The molecule has 1 aromatic rings. The van der Waals surface area contributed by atoms with Crippen LogP contribution in [0.5, 0.6) is 0 Å². The van der Waals surface area contributed by atoms with Gasteiger partial charge in [0.1, 0.15) is 10.7 Å². The molecule has 0 bridgehead atoms. The van der Waals surface area contributed by atoms with E-state index >= 15 is 0 Å². The third-order valence-electron chi connectivity index (χ3n) is 3.51. The zero-order chi connectivity index (χ0) is 16.3. The van der Waals surface area contributed by atoms with Crippen LogP contribution in [0.25, 0.3) is 0 Å². The molecule has 1 amide bonds. The fraction of sp³-hybridized carbons (Fsp3) is 0.429. The standard InChI is InChI=1S/C14H19NO5S/c1-10(21(3,19)20)12(16)15-9-14(2,13(17)18)11-7-5-4-6-8-11/h4-8,10H,9H2,1-3H3,(H,15,16)(H,17,18). The van der Waals surface area contributed by atoms with E-state index in [-0.39, 0.29) is 6.54 Å². The summed E-state index contributed by atoms with van der Waals surface area (Å²) >= 11 is 0. The second-order valence-corrected chi connectivity index (χ2v) is 7.56. The van der Waals surface area contributed by atoms with Crippen molar-refractivity contribution in [3.05, 3.63) is 35.9 Å². The van der Waals surface area contributed by atoms with Gasteiger partial charge in [0.15, 0.2) is 9.84 Å². The van der Waals surface area contributed by atoms with Crippen molar-refractivity contribution >= 4 is 21.7 Å². The fourth-order valence-electron chi connectivity index (χ4n) is 1.71. The lowest BCUT2D eigenvalue weighted by atomic mass is 9.82. The third kappa shape index (κ3) is 4.04. The lowest BCUT2D eigenvalue weighted by Crippen LogP contribution is -2.47. The summed E-state index contributed by atoms with van der Waals surface area (Å²) in [7, 11) is -3.51. The molecule has 0 saturated carbocycles. The molecule has 0 fully saturated rings. The molecule has 2 atom stereocenters. The molecule has 0 aliphatic rings. The normalized spacial score (nSPS) is 15.8. The lowest BCUT2D eigenvalue weighted by molar-refractivity contribution is -0.143. The zero-order valence-electron chi connectivity index (χ0n) is 12.2. The molecule has 1 rings (SSSR count). The van der Waals surface area contributed by atoms with E-state index in [1.54, 1.807) is 30.3 Å². The Kier molecular flexibility index (Phi) is 5.11. The van der Waals surface area contributed by atoms with Gasteiger partial charge < -0.3 is 10.4 Å². The number of hydrogen-bond donors (Lipinski definition) is 2. The highest BCUT2D eigenvalue weighted by Crippen LogP contribution is 2.23. The maximum absolute atomic E-state index is 11.8. The van der Waals surface area contributed by atoms with E-state index in [4.69, 9.17) is 0 Å². The van der Waals surface area contributed by atoms with Crippen molar-refractivity contribution in [2.45, 2.75) is 24.5 Å².